The molecule has 132 valence electrons. The third kappa shape index (κ3) is 5.89. The van der Waals surface area contributed by atoms with Crippen LogP contribution in [0.3, 0.4) is 0 Å². The quantitative estimate of drug-likeness (QED) is 0.438. The lowest BCUT2D eigenvalue weighted by Crippen LogP contribution is -2.10. The highest BCUT2D eigenvalue weighted by Crippen LogP contribution is 2.28. The molecule has 5 nitrogen and oxygen atoms in total. The van der Waals surface area contributed by atoms with E-state index in [9.17, 15) is 9.90 Å². The van der Waals surface area contributed by atoms with E-state index in [1.54, 1.807) is 36.4 Å². The Balaban J connectivity index is 1.78. The fourth-order valence-electron chi connectivity index (χ4n) is 1.90. The summed E-state index contributed by atoms with van der Waals surface area (Å²) in [6, 6.07) is 9.60. The van der Waals surface area contributed by atoms with Gasteiger partial charge < -0.3 is 19.3 Å². The molecule has 0 aliphatic rings. The Bertz CT molecular complexity index is 774. The Kier molecular flexibility index (Phi) is 6.98. The Morgan fingerprint density at radius 1 is 1.12 bits per heavy atom. The molecule has 0 aromatic heterocycles. The van der Waals surface area contributed by atoms with Gasteiger partial charge in [-0.25, -0.2) is 4.79 Å². The number of benzene rings is 2. The van der Waals surface area contributed by atoms with Crippen molar-refractivity contribution in [3.63, 3.8) is 0 Å². The fraction of sp³-hybridized carbons (Fsp3) is 0.167. The van der Waals surface area contributed by atoms with Gasteiger partial charge in [-0.15, -0.1) is 0 Å². The molecular formula is C18H16Cl2O5. The number of carbonyl (C=O) groups excluding carboxylic acids is 1. The topological polar surface area (TPSA) is 65.0 Å². The van der Waals surface area contributed by atoms with E-state index in [-0.39, 0.29) is 19.0 Å². The first-order chi connectivity index (χ1) is 12.0. The lowest BCUT2D eigenvalue weighted by molar-refractivity contribution is -0.138. The van der Waals surface area contributed by atoms with Crippen LogP contribution in [-0.2, 0) is 9.53 Å². The molecule has 0 aliphatic carbocycles. The highest BCUT2D eigenvalue weighted by atomic mass is 35.5. The van der Waals surface area contributed by atoms with Crippen molar-refractivity contribution in [1.82, 2.24) is 0 Å². The first kappa shape index (κ1) is 19.0. The average Bonchev–Trinajstić information content (AvgIpc) is 2.59. The van der Waals surface area contributed by atoms with E-state index in [4.69, 9.17) is 37.4 Å². The highest BCUT2D eigenvalue weighted by molar-refractivity contribution is 6.35. The molecule has 7 heteroatoms. The number of ether oxygens (including phenoxy) is 3. The summed E-state index contributed by atoms with van der Waals surface area (Å²) in [6.07, 6.45) is 2.84. The molecule has 0 atom stereocenters. The molecule has 0 amide bonds. The second kappa shape index (κ2) is 9.20. The van der Waals surface area contributed by atoms with E-state index < -0.39 is 5.97 Å². The summed E-state index contributed by atoms with van der Waals surface area (Å²) in [5.74, 6) is 0.302. The Hall–Kier alpha value is -2.37. The van der Waals surface area contributed by atoms with E-state index in [0.29, 0.717) is 27.1 Å². The van der Waals surface area contributed by atoms with E-state index in [1.807, 2.05) is 0 Å². The molecule has 0 fully saturated rings. The molecule has 2 aromatic rings. The summed E-state index contributed by atoms with van der Waals surface area (Å²) in [4.78, 5) is 11.7. The summed E-state index contributed by atoms with van der Waals surface area (Å²) in [5.41, 5.74) is 0.691. The van der Waals surface area contributed by atoms with Gasteiger partial charge in [0, 0.05) is 11.1 Å². The summed E-state index contributed by atoms with van der Waals surface area (Å²) < 4.78 is 15.4. The maximum atomic E-state index is 11.7. The number of halogens is 2. The lowest BCUT2D eigenvalue weighted by Gasteiger charge is -2.08. The number of phenolic OH excluding ortho intramolecular Hbond substituents is 1. The van der Waals surface area contributed by atoms with Crippen LogP contribution in [-0.4, -0.2) is 31.4 Å². The summed E-state index contributed by atoms with van der Waals surface area (Å²) >= 11 is 11.8. The van der Waals surface area contributed by atoms with Gasteiger partial charge in [0.2, 0.25) is 0 Å². The molecule has 0 bridgehead atoms. The van der Waals surface area contributed by atoms with Gasteiger partial charge >= 0.3 is 5.97 Å². The van der Waals surface area contributed by atoms with Gasteiger partial charge in [-0.2, -0.15) is 0 Å². The molecule has 25 heavy (non-hydrogen) atoms. The second-order valence-corrected chi connectivity index (χ2v) is 5.70. The zero-order valence-corrected chi connectivity index (χ0v) is 14.9. The van der Waals surface area contributed by atoms with Crippen LogP contribution in [0.1, 0.15) is 5.56 Å². The largest absolute Gasteiger partial charge is 0.504 e. The van der Waals surface area contributed by atoms with E-state index in [2.05, 4.69) is 0 Å². The molecule has 0 spiro atoms. The predicted molar refractivity (Wildman–Crippen MR) is 96.6 cm³/mol. The van der Waals surface area contributed by atoms with Gasteiger partial charge in [0.1, 0.15) is 19.0 Å². The molecule has 2 rings (SSSR count). The van der Waals surface area contributed by atoms with Crippen molar-refractivity contribution < 1.29 is 24.1 Å². The standard InChI is InChI=1S/C18H16Cl2O5/c1-23-17-10-12(2-5-15(17)21)3-7-18(22)25-9-8-24-16-6-4-13(19)11-14(16)20/h2-7,10-11,21H,8-9H2,1H3/b7-3+. The smallest absolute Gasteiger partial charge is 0.330 e. The van der Waals surface area contributed by atoms with Crippen molar-refractivity contribution in [1.29, 1.82) is 0 Å². The van der Waals surface area contributed by atoms with Crippen molar-refractivity contribution >= 4 is 35.2 Å². The maximum absolute atomic E-state index is 11.7. The van der Waals surface area contributed by atoms with Gasteiger partial charge in [-0.3, -0.25) is 0 Å². The number of rotatable bonds is 7. The third-order valence-electron chi connectivity index (χ3n) is 3.09. The number of hydrogen-bond donors (Lipinski definition) is 1. The molecule has 0 saturated heterocycles. The number of esters is 1. The van der Waals surface area contributed by atoms with Gasteiger partial charge in [-0.1, -0.05) is 29.3 Å². The van der Waals surface area contributed by atoms with Crippen LogP contribution in [0, 0.1) is 0 Å². The second-order valence-electron chi connectivity index (χ2n) is 4.86. The van der Waals surface area contributed by atoms with Crippen LogP contribution in [0.5, 0.6) is 17.2 Å². The molecule has 1 N–H and O–H groups in total. The third-order valence-corrected chi connectivity index (χ3v) is 3.63. The molecule has 0 radical (unpaired) electrons. The van der Waals surface area contributed by atoms with Crippen LogP contribution >= 0.6 is 23.2 Å². The van der Waals surface area contributed by atoms with Crippen molar-refractivity contribution in [2.75, 3.05) is 20.3 Å². The minimum atomic E-state index is -0.516. The average molecular weight is 383 g/mol. The molecule has 0 heterocycles. The Morgan fingerprint density at radius 3 is 2.64 bits per heavy atom. The maximum Gasteiger partial charge on any atom is 0.330 e. The minimum Gasteiger partial charge on any atom is -0.504 e. The van der Waals surface area contributed by atoms with Crippen LogP contribution in [0.15, 0.2) is 42.5 Å². The monoisotopic (exact) mass is 382 g/mol. The summed E-state index contributed by atoms with van der Waals surface area (Å²) in [5, 5.41) is 10.4. The number of methoxy groups -OCH3 is 1. The summed E-state index contributed by atoms with van der Waals surface area (Å²) in [6.45, 7) is 0.231. The van der Waals surface area contributed by atoms with Gasteiger partial charge in [-0.05, 0) is 42.0 Å². The van der Waals surface area contributed by atoms with Crippen molar-refractivity contribution in [2.45, 2.75) is 0 Å². The van der Waals surface area contributed by atoms with Crippen LogP contribution in [0.4, 0.5) is 0 Å². The molecule has 0 unspecified atom stereocenters. The number of aromatic hydroxyl groups is 1. The van der Waals surface area contributed by atoms with Crippen LogP contribution in [0.25, 0.3) is 6.08 Å². The van der Waals surface area contributed by atoms with E-state index in [1.165, 1.54) is 19.3 Å². The van der Waals surface area contributed by atoms with Crippen LogP contribution in [0.2, 0.25) is 10.0 Å². The molecule has 0 aliphatic heterocycles. The zero-order chi connectivity index (χ0) is 18.2. The normalized spacial score (nSPS) is 10.7. The van der Waals surface area contributed by atoms with E-state index >= 15 is 0 Å². The minimum absolute atomic E-state index is 0.0280. The molecule has 2 aromatic carbocycles. The molecular weight excluding hydrogens is 367 g/mol. The Labute approximate surface area is 155 Å². The Morgan fingerprint density at radius 2 is 1.92 bits per heavy atom. The van der Waals surface area contributed by atoms with E-state index in [0.717, 1.165) is 0 Å². The van der Waals surface area contributed by atoms with Gasteiger partial charge in [0.15, 0.2) is 11.5 Å². The SMILES string of the molecule is COc1cc(/C=C/C(=O)OCCOc2ccc(Cl)cc2Cl)ccc1O. The first-order valence-electron chi connectivity index (χ1n) is 7.29. The van der Waals surface area contributed by atoms with Crippen molar-refractivity contribution in [3.8, 4) is 17.2 Å². The number of carbonyl (C=O) groups is 1. The number of hydrogen-bond acceptors (Lipinski definition) is 5. The van der Waals surface area contributed by atoms with Crippen molar-refractivity contribution in [2.24, 2.45) is 0 Å². The number of phenols is 1. The fourth-order valence-corrected chi connectivity index (χ4v) is 2.36. The highest BCUT2D eigenvalue weighted by Gasteiger charge is 2.04. The lowest BCUT2D eigenvalue weighted by atomic mass is 10.2. The van der Waals surface area contributed by atoms with Crippen molar-refractivity contribution in [3.05, 3.63) is 58.1 Å². The summed E-state index contributed by atoms with van der Waals surface area (Å²) in [7, 11) is 1.45. The van der Waals surface area contributed by atoms with Gasteiger partial charge in [0.25, 0.3) is 0 Å². The molecule has 0 saturated carbocycles. The first-order valence-corrected chi connectivity index (χ1v) is 8.05. The van der Waals surface area contributed by atoms with Crippen LogP contribution < -0.4 is 9.47 Å². The van der Waals surface area contributed by atoms with Gasteiger partial charge in [0.05, 0.1) is 12.1 Å². The zero-order valence-electron chi connectivity index (χ0n) is 13.4. The predicted octanol–water partition coefficient (Wildman–Crippen LogP) is 4.34.